The van der Waals surface area contributed by atoms with Crippen LogP contribution in [0.2, 0.25) is 0 Å². The van der Waals surface area contributed by atoms with E-state index in [1.54, 1.807) is 18.2 Å². The average Bonchev–Trinajstić information content (AvgIpc) is 2.55. The molecule has 1 aliphatic rings. The Kier molecular flexibility index (Phi) is 4.57. The van der Waals surface area contributed by atoms with E-state index in [2.05, 4.69) is 22.3 Å². The first-order chi connectivity index (χ1) is 11.5. The van der Waals surface area contributed by atoms with Crippen molar-refractivity contribution in [2.24, 2.45) is 5.73 Å². The van der Waals surface area contributed by atoms with Crippen molar-refractivity contribution in [3.63, 3.8) is 0 Å². The molecule has 6 nitrogen and oxygen atoms in total. The molecule has 0 saturated heterocycles. The number of rotatable bonds is 4. The zero-order chi connectivity index (χ0) is 17.1. The van der Waals surface area contributed by atoms with Crippen molar-refractivity contribution in [3.05, 3.63) is 54.1 Å². The van der Waals surface area contributed by atoms with E-state index in [0.717, 1.165) is 11.4 Å². The summed E-state index contributed by atoms with van der Waals surface area (Å²) in [6.45, 7) is 3.28. The van der Waals surface area contributed by atoms with Crippen molar-refractivity contribution in [1.29, 1.82) is 0 Å². The van der Waals surface area contributed by atoms with Crippen LogP contribution < -0.4 is 20.7 Å². The average molecular weight is 327 g/mol. The molecule has 0 saturated carbocycles. The molecule has 0 unspecified atom stereocenters. The second-order valence-electron chi connectivity index (χ2n) is 5.99. The molecule has 0 spiro atoms. The maximum atomic E-state index is 10.9. The molecule has 126 valence electrons. The Morgan fingerprint density at radius 3 is 2.79 bits per heavy atom. The van der Waals surface area contributed by atoms with Gasteiger partial charge in [0.25, 0.3) is 0 Å². The standard InChI is InChI=1S/C18H21N3O3/c1-12(19)17-11-21(10-13-5-3-2-4-6-13)15-9-14(20-18(22)23)7-8-16(15)24-17/h2-9,12,17,20H,10-11,19H2,1H3,(H,22,23)/t12-,17-/m1/s1. The lowest BCUT2D eigenvalue weighted by Crippen LogP contribution is -2.48. The summed E-state index contributed by atoms with van der Waals surface area (Å²) in [5.41, 5.74) is 8.58. The molecule has 0 radical (unpaired) electrons. The van der Waals surface area contributed by atoms with Crippen LogP contribution in [0.1, 0.15) is 12.5 Å². The van der Waals surface area contributed by atoms with E-state index in [4.69, 9.17) is 15.6 Å². The van der Waals surface area contributed by atoms with Crippen LogP contribution in [0.3, 0.4) is 0 Å². The van der Waals surface area contributed by atoms with Gasteiger partial charge in [0.2, 0.25) is 0 Å². The molecule has 2 aromatic rings. The third-order valence-corrected chi connectivity index (χ3v) is 4.03. The van der Waals surface area contributed by atoms with Crippen molar-refractivity contribution >= 4 is 17.5 Å². The maximum Gasteiger partial charge on any atom is 0.409 e. The van der Waals surface area contributed by atoms with Crippen molar-refractivity contribution in [3.8, 4) is 5.75 Å². The zero-order valence-electron chi connectivity index (χ0n) is 13.5. The Morgan fingerprint density at radius 2 is 2.12 bits per heavy atom. The predicted molar refractivity (Wildman–Crippen MR) is 93.6 cm³/mol. The SMILES string of the molecule is C[C@@H](N)[C@H]1CN(Cc2ccccc2)c2cc(NC(=O)O)ccc2O1. The molecular formula is C18H21N3O3. The Balaban J connectivity index is 1.93. The molecule has 2 aromatic carbocycles. The van der Waals surface area contributed by atoms with Gasteiger partial charge in [-0.25, -0.2) is 4.79 Å². The molecule has 4 N–H and O–H groups in total. The van der Waals surface area contributed by atoms with Crippen LogP contribution in [0.25, 0.3) is 0 Å². The minimum atomic E-state index is -1.09. The third kappa shape index (κ3) is 3.60. The molecule has 1 aliphatic heterocycles. The smallest absolute Gasteiger partial charge is 0.409 e. The Labute approximate surface area is 140 Å². The van der Waals surface area contributed by atoms with Gasteiger partial charge < -0.3 is 20.5 Å². The van der Waals surface area contributed by atoms with Gasteiger partial charge >= 0.3 is 6.09 Å². The fourth-order valence-corrected chi connectivity index (χ4v) is 2.81. The van der Waals surface area contributed by atoms with Crippen molar-refractivity contribution < 1.29 is 14.6 Å². The summed E-state index contributed by atoms with van der Waals surface area (Å²) in [5, 5.41) is 11.3. The number of anilines is 2. The van der Waals surface area contributed by atoms with E-state index in [9.17, 15) is 4.79 Å². The highest BCUT2D eigenvalue weighted by Gasteiger charge is 2.28. The van der Waals surface area contributed by atoms with Gasteiger partial charge in [0.15, 0.2) is 0 Å². The summed E-state index contributed by atoms with van der Waals surface area (Å²) in [6.07, 6.45) is -1.20. The first kappa shape index (κ1) is 16.1. The Morgan fingerprint density at radius 1 is 1.38 bits per heavy atom. The molecule has 2 atom stereocenters. The molecular weight excluding hydrogens is 306 g/mol. The molecule has 1 heterocycles. The monoisotopic (exact) mass is 327 g/mol. The fourth-order valence-electron chi connectivity index (χ4n) is 2.81. The largest absolute Gasteiger partial charge is 0.485 e. The van der Waals surface area contributed by atoms with E-state index >= 15 is 0 Å². The highest BCUT2D eigenvalue weighted by molar-refractivity contribution is 5.84. The molecule has 6 heteroatoms. The van der Waals surface area contributed by atoms with E-state index in [1.165, 1.54) is 5.56 Å². The zero-order valence-corrected chi connectivity index (χ0v) is 13.5. The third-order valence-electron chi connectivity index (χ3n) is 4.03. The lowest BCUT2D eigenvalue weighted by molar-refractivity contribution is 0.170. The number of nitrogens with one attached hydrogen (secondary N) is 1. The summed E-state index contributed by atoms with van der Waals surface area (Å²) < 4.78 is 5.98. The summed E-state index contributed by atoms with van der Waals surface area (Å²) in [6, 6.07) is 15.3. The second-order valence-corrected chi connectivity index (χ2v) is 5.99. The van der Waals surface area contributed by atoms with Gasteiger partial charge in [-0.15, -0.1) is 0 Å². The lowest BCUT2D eigenvalue weighted by atomic mass is 10.1. The van der Waals surface area contributed by atoms with Crippen molar-refractivity contribution in [2.45, 2.75) is 25.6 Å². The number of nitrogens with two attached hydrogens (primary N) is 1. The van der Waals surface area contributed by atoms with Gasteiger partial charge in [0, 0.05) is 18.3 Å². The molecule has 0 aromatic heterocycles. The summed E-state index contributed by atoms with van der Waals surface area (Å²) >= 11 is 0. The van der Waals surface area contributed by atoms with Crippen LogP contribution in [0.5, 0.6) is 5.75 Å². The number of carbonyl (C=O) groups is 1. The summed E-state index contributed by atoms with van der Waals surface area (Å²) in [7, 11) is 0. The van der Waals surface area contributed by atoms with Crippen LogP contribution in [-0.2, 0) is 6.54 Å². The normalized spacial score (nSPS) is 17.6. The highest BCUT2D eigenvalue weighted by Crippen LogP contribution is 2.37. The van der Waals surface area contributed by atoms with Gasteiger partial charge in [0.05, 0.1) is 12.2 Å². The van der Waals surface area contributed by atoms with Crippen molar-refractivity contribution in [2.75, 3.05) is 16.8 Å². The Hall–Kier alpha value is -2.73. The maximum absolute atomic E-state index is 10.9. The molecule has 0 bridgehead atoms. The highest BCUT2D eigenvalue weighted by atomic mass is 16.5. The van der Waals surface area contributed by atoms with Crippen LogP contribution in [0, 0.1) is 0 Å². The molecule has 24 heavy (non-hydrogen) atoms. The van der Waals surface area contributed by atoms with Crippen molar-refractivity contribution in [1.82, 2.24) is 0 Å². The van der Waals surface area contributed by atoms with E-state index in [-0.39, 0.29) is 12.1 Å². The van der Waals surface area contributed by atoms with Gasteiger partial charge in [-0.05, 0) is 30.7 Å². The molecule has 0 aliphatic carbocycles. The summed E-state index contributed by atoms with van der Waals surface area (Å²) in [5.74, 6) is 0.718. The van der Waals surface area contributed by atoms with Gasteiger partial charge in [0.1, 0.15) is 11.9 Å². The molecule has 1 amide bonds. The quantitative estimate of drug-likeness (QED) is 0.803. The molecule has 3 rings (SSSR count). The van der Waals surface area contributed by atoms with Crippen LogP contribution in [0.4, 0.5) is 16.2 Å². The number of hydrogen-bond donors (Lipinski definition) is 3. The number of amides is 1. The number of hydrogen-bond acceptors (Lipinski definition) is 4. The number of benzene rings is 2. The topological polar surface area (TPSA) is 87.8 Å². The van der Waals surface area contributed by atoms with Gasteiger partial charge in [-0.2, -0.15) is 0 Å². The number of ether oxygens (including phenoxy) is 1. The summed E-state index contributed by atoms with van der Waals surface area (Å²) in [4.78, 5) is 13.1. The number of nitrogens with zero attached hydrogens (tertiary/aromatic N) is 1. The van der Waals surface area contributed by atoms with E-state index in [0.29, 0.717) is 18.8 Å². The second kappa shape index (κ2) is 6.80. The minimum absolute atomic E-state index is 0.103. The first-order valence-corrected chi connectivity index (χ1v) is 7.88. The Bertz CT molecular complexity index is 719. The van der Waals surface area contributed by atoms with E-state index in [1.807, 2.05) is 25.1 Å². The van der Waals surface area contributed by atoms with Crippen LogP contribution >= 0.6 is 0 Å². The fraction of sp³-hybridized carbons (Fsp3) is 0.278. The minimum Gasteiger partial charge on any atom is -0.485 e. The van der Waals surface area contributed by atoms with Crippen LogP contribution in [-0.4, -0.2) is 29.9 Å². The van der Waals surface area contributed by atoms with E-state index < -0.39 is 6.09 Å². The van der Waals surface area contributed by atoms with Crippen LogP contribution in [0.15, 0.2) is 48.5 Å². The first-order valence-electron chi connectivity index (χ1n) is 7.88. The molecule has 0 fully saturated rings. The predicted octanol–water partition coefficient (Wildman–Crippen LogP) is 2.89. The number of fused-ring (bicyclic) bond motifs is 1. The lowest BCUT2D eigenvalue weighted by Gasteiger charge is -2.38. The number of carboxylic acid groups (broad SMARTS) is 1. The van der Waals surface area contributed by atoms with Gasteiger partial charge in [-0.1, -0.05) is 30.3 Å². The van der Waals surface area contributed by atoms with Gasteiger partial charge in [-0.3, -0.25) is 5.32 Å².